The monoisotopic (exact) mass is 267 g/mol. The number of nitrogens with one attached hydrogen (secondary N) is 1. The molecule has 3 heterocycles. The molecule has 0 spiro atoms. The highest BCUT2D eigenvalue weighted by Gasteiger charge is 2.11. The molecule has 0 saturated heterocycles. The summed E-state index contributed by atoms with van der Waals surface area (Å²) < 4.78 is 7.11. The van der Waals surface area contributed by atoms with Gasteiger partial charge in [-0.2, -0.15) is 14.7 Å². The van der Waals surface area contributed by atoms with Crippen molar-refractivity contribution in [3.63, 3.8) is 0 Å². The van der Waals surface area contributed by atoms with Gasteiger partial charge < -0.3 is 4.74 Å². The second kappa shape index (κ2) is 4.26. The molecule has 98 valence electrons. The average Bonchev–Trinajstić information content (AvgIpc) is 3.14. The fraction of sp³-hybridized carbons (Fsp3) is 0.0833. The molecule has 8 nitrogen and oxygen atoms in total. The van der Waals surface area contributed by atoms with Crippen LogP contribution in [0.3, 0.4) is 0 Å². The van der Waals surface area contributed by atoms with E-state index in [1.54, 1.807) is 10.7 Å². The van der Waals surface area contributed by atoms with E-state index in [0.29, 0.717) is 17.5 Å². The lowest BCUT2D eigenvalue weighted by atomic mass is 10.2. The van der Waals surface area contributed by atoms with Crippen molar-refractivity contribution in [1.29, 1.82) is 0 Å². The second-order valence-electron chi connectivity index (χ2n) is 4.17. The lowest BCUT2D eigenvalue weighted by Crippen LogP contribution is -2.02. The molecule has 0 unspecified atom stereocenters. The predicted octanol–water partition coefficient (Wildman–Crippen LogP) is 0.975. The molecule has 0 amide bonds. The van der Waals surface area contributed by atoms with Crippen LogP contribution >= 0.6 is 0 Å². The molecule has 0 aliphatic heterocycles. The van der Waals surface area contributed by atoms with E-state index in [2.05, 4.69) is 30.5 Å². The number of nitrogens with zero attached hydrogens (tertiary/aromatic N) is 6. The SMILES string of the molecule is c1ccc2c(c1)cnn1c(OCc3ncn[nH]3)nnc21. The Morgan fingerprint density at radius 3 is 3.05 bits per heavy atom. The summed E-state index contributed by atoms with van der Waals surface area (Å²) in [5, 5.41) is 20.9. The largest absolute Gasteiger partial charge is 0.454 e. The van der Waals surface area contributed by atoms with Gasteiger partial charge in [-0.25, -0.2) is 4.98 Å². The maximum atomic E-state index is 5.55. The van der Waals surface area contributed by atoms with Crippen LogP contribution in [0.25, 0.3) is 16.4 Å². The van der Waals surface area contributed by atoms with Crippen LogP contribution in [0.2, 0.25) is 0 Å². The average molecular weight is 267 g/mol. The van der Waals surface area contributed by atoms with E-state index in [1.807, 2.05) is 24.3 Å². The van der Waals surface area contributed by atoms with Crippen LogP contribution in [0, 0.1) is 0 Å². The van der Waals surface area contributed by atoms with Gasteiger partial charge in [-0.3, -0.25) is 5.10 Å². The summed E-state index contributed by atoms with van der Waals surface area (Å²) in [6.45, 7) is 0.231. The molecule has 0 aliphatic carbocycles. The number of H-pyrrole nitrogens is 1. The normalized spacial score (nSPS) is 11.2. The Balaban J connectivity index is 1.75. The number of ether oxygens (including phenoxy) is 1. The minimum Gasteiger partial charge on any atom is -0.454 e. The molecule has 1 aromatic carbocycles. The number of fused-ring (bicyclic) bond motifs is 3. The smallest absolute Gasteiger partial charge is 0.339 e. The fourth-order valence-corrected chi connectivity index (χ4v) is 1.99. The molecule has 8 heteroatoms. The minimum absolute atomic E-state index is 0.231. The van der Waals surface area contributed by atoms with E-state index in [4.69, 9.17) is 4.74 Å². The van der Waals surface area contributed by atoms with E-state index in [1.165, 1.54) is 6.33 Å². The zero-order chi connectivity index (χ0) is 13.4. The standard InChI is InChI=1S/C12H9N7O/c1-2-4-9-8(3-1)5-15-19-11(9)17-18-12(19)20-6-10-13-7-14-16-10/h1-5,7H,6H2,(H,13,14,16). The maximum absolute atomic E-state index is 5.55. The molecule has 4 aromatic rings. The van der Waals surface area contributed by atoms with Crippen molar-refractivity contribution in [2.75, 3.05) is 0 Å². The Labute approximate surface area is 112 Å². The summed E-state index contributed by atoms with van der Waals surface area (Å²) in [7, 11) is 0. The zero-order valence-corrected chi connectivity index (χ0v) is 10.3. The van der Waals surface area contributed by atoms with Gasteiger partial charge in [0.1, 0.15) is 6.33 Å². The Kier molecular flexibility index (Phi) is 2.31. The first-order chi connectivity index (χ1) is 9.92. The van der Waals surface area contributed by atoms with Crippen molar-refractivity contribution in [2.24, 2.45) is 0 Å². The fourth-order valence-electron chi connectivity index (χ4n) is 1.99. The zero-order valence-electron chi connectivity index (χ0n) is 10.3. The van der Waals surface area contributed by atoms with Gasteiger partial charge in [0.15, 0.2) is 18.1 Å². The van der Waals surface area contributed by atoms with E-state index < -0.39 is 0 Å². The Morgan fingerprint density at radius 2 is 2.15 bits per heavy atom. The summed E-state index contributed by atoms with van der Waals surface area (Å²) in [6.07, 6.45) is 3.18. The molecule has 3 aromatic heterocycles. The Bertz CT molecular complexity index is 868. The van der Waals surface area contributed by atoms with Crippen molar-refractivity contribution in [2.45, 2.75) is 6.61 Å². The molecule has 0 fully saturated rings. The highest BCUT2D eigenvalue weighted by molar-refractivity contribution is 5.92. The highest BCUT2D eigenvalue weighted by Crippen LogP contribution is 2.19. The van der Waals surface area contributed by atoms with E-state index in [0.717, 1.165) is 10.8 Å². The van der Waals surface area contributed by atoms with Crippen LogP contribution in [0.1, 0.15) is 5.82 Å². The molecule has 20 heavy (non-hydrogen) atoms. The van der Waals surface area contributed by atoms with Gasteiger partial charge in [0.2, 0.25) is 0 Å². The summed E-state index contributed by atoms with van der Waals surface area (Å²) >= 11 is 0. The first-order valence-corrected chi connectivity index (χ1v) is 5.98. The molecular formula is C12H9N7O. The highest BCUT2D eigenvalue weighted by atomic mass is 16.5. The molecule has 0 radical (unpaired) electrons. The van der Waals surface area contributed by atoms with Gasteiger partial charge in [0.25, 0.3) is 0 Å². The molecule has 4 rings (SSSR count). The molecule has 0 atom stereocenters. The number of aromatic amines is 1. The van der Waals surface area contributed by atoms with Crippen LogP contribution in [0.4, 0.5) is 0 Å². The van der Waals surface area contributed by atoms with Crippen molar-refractivity contribution in [1.82, 2.24) is 35.0 Å². The first-order valence-electron chi connectivity index (χ1n) is 5.98. The van der Waals surface area contributed by atoms with Crippen LogP contribution in [0.15, 0.2) is 36.8 Å². The van der Waals surface area contributed by atoms with Crippen molar-refractivity contribution >= 4 is 16.4 Å². The van der Waals surface area contributed by atoms with Crippen molar-refractivity contribution in [3.05, 3.63) is 42.6 Å². The predicted molar refractivity (Wildman–Crippen MR) is 69.0 cm³/mol. The molecule has 0 aliphatic rings. The summed E-state index contributed by atoms with van der Waals surface area (Å²) in [4.78, 5) is 3.98. The van der Waals surface area contributed by atoms with Gasteiger partial charge >= 0.3 is 6.01 Å². The van der Waals surface area contributed by atoms with Crippen molar-refractivity contribution < 1.29 is 4.74 Å². The van der Waals surface area contributed by atoms with Gasteiger partial charge in [0.05, 0.1) is 6.20 Å². The number of benzene rings is 1. The Morgan fingerprint density at radius 1 is 1.20 bits per heavy atom. The lowest BCUT2D eigenvalue weighted by Gasteiger charge is -2.02. The van der Waals surface area contributed by atoms with Gasteiger partial charge in [0, 0.05) is 10.8 Å². The summed E-state index contributed by atoms with van der Waals surface area (Å²) in [6, 6.07) is 8.18. The van der Waals surface area contributed by atoms with Gasteiger partial charge in [-0.1, -0.05) is 29.4 Å². The third-order valence-corrected chi connectivity index (χ3v) is 2.93. The van der Waals surface area contributed by atoms with E-state index >= 15 is 0 Å². The topological polar surface area (TPSA) is 93.9 Å². The molecule has 0 bridgehead atoms. The second-order valence-corrected chi connectivity index (χ2v) is 4.17. The van der Waals surface area contributed by atoms with E-state index in [-0.39, 0.29) is 6.61 Å². The van der Waals surface area contributed by atoms with Crippen LogP contribution < -0.4 is 4.74 Å². The minimum atomic E-state index is 0.231. The van der Waals surface area contributed by atoms with Crippen LogP contribution in [-0.4, -0.2) is 35.0 Å². The number of hydrogen-bond donors (Lipinski definition) is 1. The first kappa shape index (κ1) is 10.9. The third-order valence-electron chi connectivity index (χ3n) is 2.93. The quantitative estimate of drug-likeness (QED) is 0.594. The molecule has 1 N–H and O–H groups in total. The third kappa shape index (κ3) is 1.66. The molecule has 0 saturated carbocycles. The van der Waals surface area contributed by atoms with Crippen LogP contribution in [0.5, 0.6) is 6.01 Å². The summed E-state index contributed by atoms with van der Waals surface area (Å²) in [5.41, 5.74) is 0.663. The van der Waals surface area contributed by atoms with Gasteiger partial charge in [-0.15, -0.1) is 5.10 Å². The number of aromatic nitrogens is 7. The Hall–Kier alpha value is -3.03. The lowest BCUT2D eigenvalue weighted by molar-refractivity contribution is 0.265. The summed E-state index contributed by atoms with van der Waals surface area (Å²) in [5.74, 6) is 0.613. The molecular weight excluding hydrogens is 258 g/mol. The number of hydrogen-bond acceptors (Lipinski definition) is 6. The van der Waals surface area contributed by atoms with Gasteiger partial charge in [-0.05, 0) is 0 Å². The maximum Gasteiger partial charge on any atom is 0.339 e. The van der Waals surface area contributed by atoms with Crippen molar-refractivity contribution in [3.8, 4) is 6.01 Å². The van der Waals surface area contributed by atoms with Crippen LogP contribution in [-0.2, 0) is 6.61 Å². The van der Waals surface area contributed by atoms with E-state index in [9.17, 15) is 0 Å². The number of rotatable bonds is 3.